The molecule has 3 N–H and O–H groups in total. The minimum atomic E-state index is -0.00428. The summed E-state index contributed by atoms with van der Waals surface area (Å²) in [7, 11) is 0. The van der Waals surface area contributed by atoms with E-state index in [0.29, 0.717) is 6.54 Å². The second-order valence-electron chi connectivity index (χ2n) is 5.38. The summed E-state index contributed by atoms with van der Waals surface area (Å²) >= 11 is 0. The van der Waals surface area contributed by atoms with Gasteiger partial charge in [-0.2, -0.15) is 0 Å². The Morgan fingerprint density at radius 2 is 2.00 bits per heavy atom. The summed E-state index contributed by atoms with van der Waals surface area (Å²) in [5, 5.41) is 0. The molecule has 96 valence electrons. The number of hydrogen-bond acceptors (Lipinski definition) is 2. The van der Waals surface area contributed by atoms with E-state index in [0.717, 1.165) is 17.9 Å². The van der Waals surface area contributed by atoms with Crippen LogP contribution in [-0.4, -0.2) is 16.5 Å². The highest BCUT2D eigenvalue weighted by Crippen LogP contribution is 2.27. The summed E-state index contributed by atoms with van der Waals surface area (Å²) in [5.74, 6) is 1.01. The summed E-state index contributed by atoms with van der Waals surface area (Å²) in [6.07, 6.45) is 2.84. The number of H-pyrrole nitrogens is 1. The van der Waals surface area contributed by atoms with Crippen molar-refractivity contribution in [2.24, 2.45) is 5.73 Å². The fourth-order valence-corrected chi connectivity index (χ4v) is 2.16. The van der Waals surface area contributed by atoms with E-state index in [9.17, 15) is 0 Å². The lowest BCUT2D eigenvalue weighted by Crippen LogP contribution is -2.23. The zero-order valence-electron chi connectivity index (χ0n) is 11.3. The highest BCUT2D eigenvalue weighted by molar-refractivity contribution is 5.62. The zero-order chi connectivity index (χ0) is 13.2. The fraction of sp³-hybridized carbons (Fsp3) is 0.400. The fourth-order valence-electron chi connectivity index (χ4n) is 2.16. The Bertz CT molecular complexity index is 526. The van der Waals surface area contributed by atoms with Gasteiger partial charge in [-0.15, -0.1) is 0 Å². The lowest BCUT2D eigenvalue weighted by molar-refractivity contribution is 0.462. The van der Waals surface area contributed by atoms with Crippen molar-refractivity contribution in [1.29, 1.82) is 0 Å². The Balaban J connectivity index is 2.34. The topological polar surface area (TPSA) is 54.7 Å². The molecule has 0 fully saturated rings. The van der Waals surface area contributed by atoms with Crippen molar-refractivity contribution >= 4 is 0 Å². The molecule has 1 heterocycles. The maximum absolute atomic E-state index is 5.65. The van der Waals surface area contributed by atoms with Crippen LogP contribution >= 0.6 is 0 Å². The number of aromatic amines is 1. The minimum Gasteiger partial charge on any atom is -0.342 e. The third-order valence-corrected chi connectivity index (χ3v) is 3.42. The van der Waals surface area contributed by atoms with Crippen LogP contribution in [0.5, 0.6) is 0 Å². The lowest BCUT2D eigenvalue weighted by atomic mass is 9.88. The quantitative estimate of drug-likeness (QED) is 0.867. The average Bonchev–Trinajstić information content (AvgIpc) is 2.79. The van der Waals surface area contributed by atoms with E-state index in [1.807, 2.05) is 12.3 Å². The highest BCUT2D eigenvalue weighted by Gasteiger charge is 2.23. The van der Waals surface area contributed by atoms with Gasteiger partial charge in [-0.05, 0) is 25.5 Å². The molecule has 2 aromatic rings. The second kappa shape index (κ2) is 4.94. The van der Waals surface area contributed by atoms with Gasteiger partial charge in [0.15, 0.2) is 0 Å². The predicted octanol–water partition coefficient (Wildman–Crippen LogP) is 3.01. The number of benzene rings is 1. The van der Waals surface area contributed by atoms with Crippen LogP contribution in [0.2, 0.25) is 0 Å². The van der Waals surface area contributed by atoms with Gasteiger partial charge in [0.2, 0.25) is 0 Å². The third-order valence-electron chi connectivity index (χ3n) is 3.42. The van der Waals surface area contributed by atoms with Gasteiger partial charge < -0.3 is 10.7 Å². The first-order valence-electron chi connectivity index (χ1n) is 6.36. The Morgan fingerprint density at radius 1 is 1.28 bits per heavy atom. The van der Waals surface area contributed by atoms with Gasteiger partial charge in [-0.25, -0.2) is 4.98 Å². The van der Waals surface area contributed by atoms with Crippen molar-refractivity contribution in [3.05, 3.63) is 41.9 Å². The molecular weight excluding hydrogens is 222 g/mol. The number of hydrogen-bond donors (Lipinski definition) is 2. The number of nitrogens with two attached hydrogens (primary N) is 1. The Labute approximate surface area is 108 Å². The van der Waals surface area contributed by atoms with Crippen LogP contribution in [0.4, 0.5) is 0 Å². The van der Waals surface area contributed by atoms with Gasteiger partial charge in [0.25, 0.3) is 0 Å². The summed E-state index contributed by atoms with van der Waals surface area (Å²) in [6.45, 7) is 7.12. The number of aryl methyl sites for hydroxylation is 1. The molecule has 1 aromatic heterocycles. The van der Waals surface area contributed by atoms with Crippen LogP contribution < -0.4 is 5.73 Å². The maximum Gasteiger partial charge on any atom is 0.112 e. The third kappa shape index (κ3) is 2.46. The van der Waals surface area contributed by atoms with Gasteiger partial charge in [-0.1, -0.05) is 38.1 Å². The Hall–Kier alpha value is -1.61. The second-order valence-corrected chi connectivity index (χ2v) is 5.38. The van der Waals surface area contributed by atoms with Crippen LogP contribution in [-0.2, 0) is 5.41 Å². The van der Waals surface area contributed by atoms with E-state index in [1.54, 1.807) is 0 Å². The standard InChI is InChI=1S/C15H21N3/c1-11-6-4-5-7-12(11)13-10-17-14(18-13)15(2,3)8-9-16/h4-7,10H,8-9,16H2,1-3H3,(H,17,18). The van der Waals surface area contributed by atoms with Crippen LogP contribution in [0.25, 0.3) is 11.3 Å². The molecule has 0 atom stereocenters. The molecule has 3 heteroatoms. The molecule has 0 aliphatic carbocycles. The molecule has 0 aliphatic rings. The van der Waals surface area contributed by atoms with Crippen molar-refractivity contribution < 1.29 is 0 Å². The summed E-state index contributed by atoms with van der Waals surface area (Å²) < 4.78 is 0. The summed E-state index contributed by atoms with van der Waals surface area (Å²) in [5.41, 5.74) is 9.19. The Kier molecular flexibility index (Phi) is 3.53. The van der Waals surface area contributed by atoms with Crippen molar-refractivity contribution in [1.82, 2.24) is 9.97 Å². The normalized spacial score (nSPS) is 11.8. The largest absolute Gasteiger partial charge is 0.342 e. The molecule has 18 heavy (non-hydrogen) atoms. The smallest absolute Gasteiger partial charge is 0.112 e. The van der Waals surface area contributed by atoms with Gasteiger partial charge in [0, 0.05) is 11.0 Å². The highest BCUT2D eigenvalue weighted by atomic mass is 14.9. The van der Waals surface area contributed by atoms with Gasteiger partial charge in [0.1, 0.15) is 5.82 Å². The minimum absolute atomic E-state index is 0.00428. The molecule has 0 unspecified atom stereocenters. The van der Waals surface area contributed by atoms with E-state index in [2.05, 4.69) is 48.9 Å². The van der Waals surface area contributed by atoms with E-state index >= 15 is 0 Å². The Morgan fingerprint density at radius 3 is 2.67 bits per heavy atom. The van der Waals surface area contributed by atoms with Crippen LogP contribution in [0, 0.1) is 6.92 Å². The molecule has 0 bridgehead atoms. The zero-order valence-corrected chi connectivity index (χ0v) is 11.3. The maximum atomic E-state index is 5.65. The number of rotatable bonds is 4. The first-order chi connectivity index (χ1) is 8.54. The molecule has 2 rings (SSSR count). The van der Waals surface area contributed by atoms with Gasteiger partial charge in [0.05, 0.1) is 11.9 Å². The molecule has 3 nitrogen and oxygen atoms in total. The molecule has 0 saturated carbocycles. The first-order valence-corrected chi connectivity index (χ1v) is 6.36. The molecule has 0 spiro atoms. The first kappa shape index (κ1) is 12.8. The van der Waals surface area contributed by atoms with Crippen LogP contribution in [0.3, 0.4) is 0 Å². The van der Waals surface area contributed by atoms with Gasteiger partial charge >= 0.3 is 0 Å². The van der Waals surface area contributed by atoms with E-state index in [1.165, 1.54) is 11.1 Å². The predicted molar refractivity (Wildman–Crippen MR) is 75.5 cm³/mol. The molecule has 0 aliphatic heterocycles. The van der Waals surface area contributed by atoms with Crippen LogP contribution in [0.15, 0.2) is 30.5 Å². The van der Waals surface area contributed by atoms with Gasteiger partial charge in [-0.3, -0.25) is 0 Å². The summed E-state index contributed by atoms with van der Waals surface area (Å²) in [4.78, 5) is 7.94. The van der Waals surface area contributed by atoms with Crippen molar-refractivity contribution in [2.75, 3.05) is 6.54 Å². The number of nitrogens with one attached hydrogen (secondary N) is 1. The molecular formula is C15H21N3. The van der Waals surface area contributed by atoms with E-state index in [4.69, 9.17) is 5.73 Å². The monoisotopic (exact) mass is 243 g/mol. The van der Waals surface area contributed by atoms with Crippen LogP contribution in [0.1, 0.15) is 31.7 Å². The van der Waals surface area contributed by atoms with Crippen molar-refractivity contribution in [3.8, 4) is 11.3 Å². The van der Waals surface area contributed by atoms with E-state index < -0.39 is 0 Å². The number of imidazole rings is 1. The van der Waals surface area contributed by atoms with Crippen molar-refractivity contribution in [2.45, 2.75) is 32.6 Å². The number of nitrogens with zero attached hydrogens (tertiary/aromatic N) is 1. The molecule has 0 amide bonds. The molecule has 0 saturated heterocycles. The molecule has 0 radical (unpaired) electrons. The number of aromatic nitrogens is 2. The molecule has 1 aromatic carbocycles. The van der Waals surface area contributed by atoms with Crippen molar-refractivity contribution in [3.63, 3.8) is 0 Å². The summed E-state index contributed by atoms with van der Waals surface area (Å²) in [6, 6.07) is 8.33. The van der Waals surface area contributed by atoms with E-state index in [-0.39, 0.29) is 5.41 Å². The average molecular weight is 243 g/mol. The SMILES string of the molecule is Cc1ccccc1-c1cnc(C(C)(C)CCN)[nH]1. The lowest BCUT2D eigenvalue weighted by Gasteiger charge is -2.20.